The zero-order valence-corrected chi connectivity index (χ0v) is 11.7. The van der Waals surface area contributed by atoms with Gasteiger partial charge >= 0.3 is 0 Å². The summed E-state index contributed by atoms with van der Waals surface area (Å²) in [7, 11) is 0. The van der Waals surface area contributed by atoms with E-state index in [1.165, 1.54) is 0 Å². The SMILES string of the molecule is Cc1ccc(C#N)cc1NC(=O)C(Cl)c1ccccc1. The van der Waals surface area contributed by atoms with Gasteiger partial charge in [-0.05, 0) is 30.2 Å². The number of rotatable bonds is 3. The van der Waals surface area contributed by atoms with E-state index in [9.17, 15) is 4.79 Å². The van der Waals surface area contributed by atoms with Gasteiger partial charge in [-0.15, -0.1) is 11.6 Å². The fourth-order valence-corrected chi connectivity index (χ4v) is 2.00. The molecule has 0 aromatic heterocycles. The highest BCUT2D eigenvalue weighted by Gasteiger charge is 2.18. The third-order valence-corrected chi connectivity index (χ3v) is 3.40. The number of halogens is 1. The van der Waals surface area contributed by atoms with E-state index in [1.807, 2.05) is 31.2 Å². The van der Waals surface area contributed by atoms with Gasteiger partial charge in [-0.2, -0.15) is 5.26 Å². The predicted octanol–water partition coefficient (Wildman–Crippen LogP) is 3.79. The molecule has 20 heavy (non-hydrogen) atoms. The molecule has 0 aliphatic carbocycles. The van der Waals surface area contributed by atoms with Gasteiger partial charge in [-0.1, -0.05) is 36.4 Å². The summed E-state index contributed by atoms with van der Waals surface area (Å²) in [5, 5.41) is 10.9. The lowest BCUT2D eigenvalue weighted by molar-refractivity contribution is -0.116. The van der Waals surface area contributed by atoms with Crippen molar-refractivity contribution >= 4 is 23.2 Å². The topological polar surface area (TPSA) is 52.9 Å². The van der Waals surface area contributed by atoms with Gasteiger partial charge in [-0.25, -0.2) is 0 Å². The largest absolute Gasteiger partial charge is 0.324 e. The van der Waals surface area contributed by atoms with Crippen molar-refractivity contribution in [2.75, 3.05) is 5.32 Å². The number of nitrogens with one attached hydrogen (secondary N) is 1. The number of carbonyl (C=O) groups excluding carboxylic acids is 1. The second-order valence-electron chi connectivity index (χ2n) is 4.40. The summed E-state index contributed by atoms with van der Waals surface area (Å²) in [5.41, 5.74) is 2.72. The highest BCUT2D eigenvalue weighted by atomic mass is 35.5. The average Bonchev–Trinajstić information content (AvgIpc) is 2.49. The summed E-state index contributed by atoms with van der Waals surface area (Å²) >= 11 is 6.16. The highest BCUT2D eigenvalue weighted by Crippen LogP contribution is 2.24. The van der Waals surface area contributed by atoms with Crippen LogP contribution in [0.3, 0.4) is 0 Å². The molecule has 0 heterocycles. The summed E-state index contributed by atoms with van der Waals surface area (Å²) in [5.74, 6) is -0.309. The number of nitrogens with zero attached hydrogens (tertiary/aromatic N) is 1. The Morgan fingerprint density at radius 2 is 1.95 bits per heavy atom. The van der Waals surface area contributed by atoms with Crippen molar-refractivity contribution in [3.63, 3.8) is 0 Å². The third-order valence-electron chi connectivity index (χ3n) is 2.95. The van der Waals surface area contributed by atoms with E-state index < -0.39 is 5.38 Å². The van der Waals surface area contributed by atoms with Crippen LogP contribution in [0.4, 0.5) is 5.69 Å². The van der Waals surface area contributed by atoms with Crippen molar-refractivity contribution in [1.29, 1.82) is 5.26 Å². The average molecular weight is 285 g/mol. The van der Waals surface area contributed by atoms with Gasteiger partial charge in [0.25, 0.3) is 0 Å². The highest BCUT2D eigenvalue weighted by molar-refractivity contribution is 6.32. The number of benzene rings is 2. The minimum Gasteiger partial charge on any atom is -0.324 e. The quantitative estimate of drug-likeness (QED) is 0.872. The molecule has 0 saturated carbocycles. The zero-order chi connectivity index (χ0) is 14.5. The van der Waals surface area contributed by atoms with Crippen molar-refractivity contribution in [2.24, 2.45) is 0 Å². The second-order valence-corrected chi connectivity index (χ2v) is 4.84. The van der Waals surface area contributed by atoms with Crippen molar-refractivity contribution in [2.45, 2.75) is 12.3 Å². The first-order chi connectivity index (χ1) is 9.61. The lowest BCUT2D eigenvalue weighted by Gasteiger charge is -2.12. The molecule has 100 valence electrons. The first-order valence-electron chi connectivity index (χ1n) is 6.12. The number of carbonyl (C=O) groups is 1. The molecular weight excluding hydrogens is 272 g/mol. The maximum Gasteiger partial charge on any atom is 0.246 e. The molecule has 0 fully saturated rings. The van der Waals surface area contributed by atoms with Crippen LogP contribution in [0, 0.1) is 18.3 Å². The minimum atomic E-state index is -0.763. The van der Waals surface area contributed by atoms with Gasteiger partial charge in [0.1, 0.15) is 5.38 Å². The minimum absolute atomic E-state index is 0.309. The van der Waals surface area contributed by atoms with Crippen LogP contribution in [0.25, 0.3) is 0 Å². The molecular formula is C16H13ClN2O. The molecule has 0 saturated heterocycles. The first-order valence-corrected chi connectivity index (χ1v) is 6.56. The number of alkyl halides is 1. The van der Waals surface area contributed by atoms with Crippen molar-refractivity contribution in [3.05, 3.63) is 65.2 Å². The number of aryl methyl sites for hydroxylation is 1. The molecule has 0 aliphatic rings. The summed E-state index contributed by atoms with van der Waals surface area (Å²) in [6.07, 6.45) is 0. The van der Waals surface area contributed by atoms with E-state index in [-0.39, 0.29) is 5.91 Å². The van der Waals surface area contributed by atoms with Gasteiger partial charge in [0.2, 0.25) is 5.91 Å². The summed E-state index contributed by atoms with van der Waals surface area (Å²) < 4.78 is 0. The standard InChI is InChI=1S/C16H13ClN2O/c1-11-7-8-12(10-18)9-14(11)19-16(20)15(17)13-5-3-2-4-6-13/h2-9,15H,1H3,(H,19,20). The van der Waals surface area contributed by atoms with Crippen molar-refractivity contribution in [1.82, 2.24) is 0 Å². The molecule has 1 N–H and O–H groups in total. The lowest BCUT2D eigenvalue weighted by atomic mass is 10.1. The Hall–Kier alpha value is -2.31. The monoisotopic (exact) mass is 284 g/mol. The van der Waals surface area contributed by atoms with Crippen molar-refractivity contribution < 1.29 is 4.79 Å². The van der Waals surface area contributed by atoms with Gasteiger partial charge in [-0.3, -0.25) is 4.79 Å². The predicted molar refractivity (Wildman–Crippen MR) is 79.6 cm³/mol. The Morgan fingerprint density at radius 1 is 1.25 bits per heavy atom. The molecule has 2 aromatic rings. The zero-order valence-electron chi connectivity index (χ0n) is 10.9. The summed E-state index contributed by atoms with van der Waals surface area (Å²) in [4.78, 5) is 12.1. The normalized spacial score (nSPS) is 11.4. The number of amides is 1. The molecule has 2 rings (SSSR count). The molecule has 0 radical (unpaired) electrons. The van der Waals surface area contributed by atoms with E-state index in [4.69, 9.17) is 16.9 Å². The van der Waals surface area contributed by atoms with Crippen LogP contribution in [0.2, 0.25) is 0 Å². The van der Waals surface area contributed by atoms with Gasteiger partial charge in [0.05, 0.1) is 11.6 Å². The molecule has 2 aromatic carbocycles. The molecule has 1 unspecified atom stereocenters. The van der Waals surface area contributed by atoms with Crippen LogP contribution < -0.4 is 5.32 Å². The smallest absolute Gasteiger partial charge is 0.246 e. The number of anilines is 1. The van der Waals surface area contributed by atoms with Crippen LogP contribution in [0.1, 0.15) is 22.1 Å². The Bertz CT molecular complexity index is 662. The fraction of sp³-hybridized carbons (Fsp3) is 0.125. The van der Waals surface area contributed by atoms with Gasteiger partial charge in [0, 0.05) is 5.69 Å². The Morgan fingerprint density at radius 3 is 2.60 bits per heavy atom. The Kier molecular flexibility index (Phi) is 4.39. The number of hydrogen-bond donors (Lipinski definition) is 1. The maximum absolute atomic E-state index is 12.1. The lowest BCUT2D eigenvalue weighted by Crippen LogP contribution is -2.18. The first kappa shape index (κ1) is 14.1. The molecule has 1 amide bonds. The van der Waals surface area contributed by atoms with Crippen LogP contribution in [-0.4, -0.2) is 5.91 Å². The Labute approximate surface area is 122 Å². The van der Waals surface area contributed by atoms with E-state index in [0.29, 0.717) is 11.3 Å². The summed E-state index contributed by atoms with van der Waals surface area (Å²) in [6.45, 7) is 1.86. The maximum atomic E-state index is 12.1. The van der Waals surface area contributed by atoms with E-state index in [1.54, 1.807) is 30.3 Å². The molecule has 0 bridgehead atoms. The number of nitriles is 1. The van der Waals surface area contributed by atoms with E-state index in [0.717, 1.165) is 11.1 Å². The van der Waals surface area contributed by atoms with Crippen LogP contribution in [0.5, 0.6) is 0 Å². The summed E-state index contributed by atoms with van der Waals surface area (Å²) in [6, 6.07) is 16.3. The van der Waals surface area contributed by atoms with Gasteiger partial charge in [0.15, 0.2) is 0 Å². The van der Waals surface area contributed by atoms with E-state index in [2.05, 4.69) is 5.32 Å². The molecule has 3 nitrogen and oxygen atoms in total. The third kappa shape index (κ3) is 3.17. The molecule has 4 heteroatoms. The molecule has 1 atom stereocenters. The molecule has 0 aliphatic heterocycles. The van der Waals surface area contributed by atoms with Crippen molar-refractivity contribution in [3.8, 4) is 6.07 Å². The van der Waals surface area contributed by atoms with Crippen LogP contribution in [-0.2, 0) is 4.79 Å². The van der Waals surface area contributed by atoms with Crippen LogP contribution in [0.15, 0.2) is 48.5 Å². The second kappa shape index (κ2) is 6.23. The van der Waals surface area contributed by atoms with E-state index >= 15 is 0 Å². The number of hydrogen-bond acceptors (Lipinski definition) is 2. The molecule has 0 spiro atoms. The van der Waals surface area contributed by atoms with Crippen LogP contribution >= 0.6 is 11.6 Å². The fourth-order valence-electron chi connectivity index (χ4n) is 1.80. The Balaban J connectivity index is 2.18. The van der Waals surface area contributed by atoms with Gasteiger partial charge < -0.3 is 5.32 Å².